The minimum atomic E-state index is -1.43. The van der Waals surface area contributed by atoms with E-state index in [0.29, 0.717) is 13.0 Å². The van der Waals surface area contributed by atoms with Crippen molar-refractivity contribution >= 4 is 17.6 Å². The number of hydrogen-bond acceptors (Lipinski definition) is 5. The van der Waals surface area contributed by atoms with Gasteiger partial charge in [-0.05, 0) is 6.42 Å². The van der Waals surface area contributed by atoms with E-state index in [9.17, 15) is 19.7 Å². The molecule has 20 heavy (non-hydrogen) atoms. The average molecular weight is 278 g/mol. The van der Waals surface area contributed by atoms with Gasteiger partial charge in [0.05, 0.1) is 10.5 Å². The summed E-state index contributed by atoms with van der Waals surface area (Å²) >= 11 is 0. The molecule has 8 nitrogen and oxygen atoms in total. The van der Waals surface area contributed by atoms with Crippen LogP contribution in [0.2, 0.25) is 0 Å². The Labute approximate surface area is 112 Å². The van der Waals surface area contributed by atoms with Crippen LogP contribution in [0, 0.1) is 10.1 Å². The summed E-state index contributed by atoms with van der Waals surface area (Å²) in [5.74, 6) is -1.68. The standard InChI is InChI=1S/C12H10N2O6/c15-11-7-4-8(14(18)19)6(12(16)17)5-9(7)20-10-2-1-3-13(10)11/h4-5,10H,1-3H2,(H,16,17). The fraction of sp³-hybridized carbons (Fsp3) is 0.333. The summed E-state index contributed by atoms with van der Waals surface area (Å²) in [4.78, 5) is 34.9. The number of rotatable bonds is 2. The van der Waals surface area contributed by atoms with Crippen molar-refractivity contribution < 1.29 is 24.4 Å². The van der Waals surface area contributed by atoms with Crippen LogP contribution < -0.4 is 4.74 Å². The van der Waals surface area contributed by atoms with Crippen LogP contribution in [0.3, 0.4) is 0 Å². The molecule has 1 atom stereocenters. The van der Waals surface area contributed by atoms with E-state index in [1.165, 1.54) is 4.90 Å². The van der Waals surface area contributed by atoms with Crippen LogP contribution >= 0.6 is 0 Å². The van der Waals surface area contributed by atoms with Gasteiger partial charge in [0.15, 0.2) is 6.23 Å². The van der Waals surface area contributed by atoms with E-state index in [2.05, 4.69) is 0 Å². The number of aromatic carboxylic acids is 1. The van der Waals surface area contributed by atoms with E-state index in [-0.39, 0.29) is 17.2 Å². The fourth-order valence-corrected chi connectivity index (χ4v) is 2.55. The van der Waals surface area contributed by atoms with Gasteiger partial charge in [0.25, 0.3) is 11.6 Å². The Balaban J connectivity index is 2.16. The molecule has 104 valence electrons. The quantitative estimate of drug-likeness (QED) is 0.643. The molecule has 1 fully saturated rings. The number of carboxylic acid groups (broad SMARTS) is 1. The molecule has 0 spiro atoms. The topological polar surface area (TPSA) is 110 Å². The van der Waals surface area contributed by atoms with Crippen molar-refractivity contribution in [3.05, 3.63) is 33.4 Å². The smallest absolute Gasteiger partial charge is 0.342 e. The van der Waals surface area contributed by atoms with E-state index >= 15 is 0 Å². The molecule has 0 aliphatic carbocycles. The molecule has 0 aromatic heterocycles. The van der Waals surface area contributed by atoms with Crippen LogP contribution in [-0.4, -0.2) is 39.6 Å². The van der Waals surface area contributed by atoms with Gasteiger partial charge in [-0.1, -0.05) is 0 Å². The van der Waals surface area contributed by atoms with Crippen LogP contribution in [0.4, 0.5) is 5.69 Å². The van der Waals surface area contributed by atoms with Crippen LogP contribution in [0.5, 0.6) is 5.75 Å². The minimum absolute atomic E-state index is 0.0415. The normalized spacial score (nSPS) is 20.1. The lowest BCUT2D eigenvalue weighted by molar-refractivity contribution is -0.385. The third-order valence-electron chi connectivity index (χ3n) is 3.48. The van der Waals surface area contributed by atoms with Gasteiger partial charge in [0, 0.05) is 25.1 Å². The Hall–Kier alpha value is -2.64. The first-order valence-electron chi connectivity index (χ1n) is 6.02. The molecule has 1 saturated heterocycles. The summed E-state index contributed by atoms with van der Waals surface area (Å²) in [5, 5.41) is 19.9. The SMILES string of the molecule is O=C(O)c1cc2c(cc1[N+](=O)[O-])C(=O)N1CCCC1O2. The zero-order valence-corrected chi connectivity index (χ0v) is 10.2. The number of nitro groups is 1. The molecule has 2 aliphatic rings. The van der Waals surface area contributed by atoms with E-state index in [1.807, 2.05) is 0 Å². The highest BCUT2D eigenvalue weighted by Crippen LogP contribution is 2.36. The van der Waals surface area contributed by atoms with E-state index < -0.39 is 28.4 Å². The van der Waals surface area contributed by atoms with Gasteiger partial charge in [-0.2, -0.15) is 0 Å². The van der Waals surface area contributed by atoms with Crippen LogP contribution in [0.25, 0.3) is 0 Å². The first-order chi connectivity index (χ1) is 9.49. The number of benzene rings is 1. The molecule has 0 saturated carbocycles. The van der Waals surface area contributed by atoms with Crippen molar-refractivity contribution in [1.29, 1.82) is 0 Å². The minimum Gasteiger partial charge on any atom is -0.477 e. The van der Waals surface area contributed by atoms with Crippen molar-refractivity contribution in [2.24, 2.45) is 0 Å². The number of nitrogens with zero attached hydrogens (tertiary/aromatic N) is 2. The highest BCUT2D eigenvalue weighted by atomic mass is 16.6. The van der Waals surface area contributed by atoms with Crippen molar-refractivity contribution in [3.63, 3.8) is 0 Å². The molecule has 8 heteroatoms. The number of ether oxygens (including phenoxy) is 1. The van der Waals surface area contributed by atoms with Gasteiger partial charge < -0.3 is 14.7 Å². The molecule has 1 amide bonds. The van der Waals surface area contributed by atoms with Crippen molar-refractivity contribution in [2.75, 3.05) is 6.54 Å². The Bertz CT molecular complexity index is 641. The molecule has 2 heterocycles. The molecule has 1 unspecified atom stereocenters. The number of carbonyl (C=O) groups excluding carboxylic acids is 1. The zero-order valence-electron chi connectivity index (χ0n) is 10.2. The molecule has 0 bridgehead atoms. The maximum absolute atomic E-state index is 12.2. The number of carboxylic acids is 1. The lowest BCUT2D eigenvalue weighted by Crippen LogP contribution is -2.43. The third kappa shape index (κ3) is 1.68. The highest BCUT2D eigenvalue weighted by molar-refractivity contribution is 6.02. The summed E-state index contributed by atoms with van der Waals surface area (Å²) < 4.78 is 5.57. The fourth-order valence-electron chi connectivity index (χ4n) is 2.55. The molecular formula is C12H10N2O6. The molecule has 1 aromatic rings. The number of nitro benzene ring substituents is 1. The largest absolute Gasteiger partial charge is 0.477 e. The number of fused-ring (bicyclic) bond motifs is 2. The van der Waals surface area contributed by atoms with E-state index in [4.69, 9.17) is 9.84 Å². The van der Waals surface area contributed by atoms with E-state index in [0.717, 1.165) is 18.6 Å². The van der Waals surface area contributed by atoms with Gasteiger partial charge in [0.2, 0.25) is 0 Å². The number of amides is 1. The maximum Gasteiger partial charge on any atom is 0.342 e. The van der Waals surface area contributed by atoms with Crippen LogP contribution in [0.1, 0.15) is 33.6 Å². The summed E-state index contributed by atoms with van der Waals surface area (Å²) in [5.41, 5.74) is -1.04. The Morgan fingerprint density at radius 3 is 2.90 bits per heavy atom. The molecule has 3 rings (SSSR count). The lowest BCUT2D eigenvalue weighted by Gasteiger charge is -2.31. The molecule has 1 N–H and O–H groups in total. The van der Waals surface area contributed by atoms with Gasteiger partial charge >= 0.3 is 5.97 Å². The van der Waals surface area contributed by atoms with Crippen LogP contribution in [0.15, 0.2) is 12.1 Å². The first kappa shape index (κ1) is 12.4. The van der Waals surface area contributed by atoms with Gasteiger partial charge in [-0.25, -0.2) is 4.79 Å². The lowest BCUT2D eigenvalue weighted by atomic mass is 10.1. The zero-order chi connectivity index (χ0) is 14.4. The molecule has 0 radical (unpaired) electrons. The molecular weight excluding hydrogens is 268 g/mol. The van der Waals surface area contributed by atoms with E-state index in [1.54, 1.807) is 0 Å². The highest BCUT2D eigenvalue weighted by Gasteiger charge is 2.39. The summed E-state index contributed by atoms with van der Waals surface area (Å²) in [7, 11) is 0. The Morgan fingerprint density at radius 2 is 2.25 bits per heavy atom. The Morgan fingerprint density at radius 1 is 1.50 bits per heavy atom. The first-order valence-corrected chi connectivity index (χ1v) is 6.02. The van der Waals surface area contributed by atoms with Gasteiger partial charge in [0.1, 0.15) is 11.3 Å². The van der Waals surface area contributed by atoms with Gasteiger partial charge in [-0.15, -0.1) is 0 Å². The monoisotopic (exact) mass is 278 g/mol. The summed E-state index contributed by atoms with van der Waals surface area (Å²) in [6.07, 6.45) is 1.06. The predicted octanol–water partition coefficient (Wildman–Crippen LogP) is 1.25. The second-order valence-corrected chi connectivity index (χ2v) is 4.64. The van der Waals surface area contributed by atoms with Crippen LogP contribution in [-0.2, 0) is 0 Å². The molecule has 1 aromatic carbocycles. The second kappa shape index (κ2) is 4.19. The van der Waals surface area contributed by atoms with Crippen molar-refractivity contribution in [3.8, 4) is 5.75 Å². The summed E-state index contributed by atoms with van der Waals surface area (Å²) in [6.45, 7) is 0.539. The Kier molecular flexibility index (Phi) is 2.60. The van der Waals surface area contributed by atoms with Gasteiger partial charge in [-0.3, -0.25) is 14.9 Å². The predicted molar refractivity (Wildman–Crippen MR) is 64.7 cm³/mol. The van der Waals surface area contributed by atoms with Crippen molar-refractivity contribution in [2.45, 2.75) is 19.1 Å². The van der Waals surface area contributed by atoms with Crippen molar-refractivity contribution in [1.82, 2.24) is 4.90 Å². The number of carbonyl (C=O) groups is 2. The summed E-state index contributed by atoms with van der Waals surface area (Å²) in [6, 6.07) is 2.04. The number of hydrogen-bond donors (Lipinski definition) is 1. The average Bonchev–Trinajstić information content (AvgIpc) is 2.85. The molecule has 2 aliphatic heterocycles. The second-order valence-electron chi connectivity index (χ2n) is 4.64. The maximum atomic E-state index is 12.2. The third-order valence-corrected chi connectivity index (χ3v) is 3.48.